The van der Waals surface area contributed by atoms with E-state index in [4.69, 9.17) is 9.47 Å². The Kier molecular flexibility index (Phi) is 7.62. The molecule has 6 rings (SSSR count). The van der Waals surface area contributed by atoms with E-state index in [1.54, 1.807) is 30.5 Å². The molecule has 1 amide bonds. The number of aromatic nitrogens is 1. The van der Waals surface area contributed by atoms with Crippen LogP contribution in [0.15, 0.2) is 61.3 Å². The number of pyridine rings is 1. The topological polar surface area (TPSA) is 63.7 Å². The maximum absolute atomic E-state index is 13.4. The number of nitrogens with one attached hydrogen (secondary N) is 1. The van der Waals surface area contributed by atoms with Crippen LogP contribution in [-0.2, 0) is 17.1 Å². The molecular weight excluding hydrogens is 552 g/mol. The third-order valence-corrected chi connectivity index (χ3v) is 7.86. The third-order valence-electron chi connectivity index (χ3n) is 7.86. The molecule has 3 aliphatic heterocycles. The lowest BCUT2D eigenvalue weighted by molar-refractivity contribution is -0.143. The lowest BCUT2D eigenvalue weighted by Gasteiger charge is -2.51. The van der Waals surface area contributed by atoms with E-state index in [1.165, 1.54) is 7.11 Å². The van der Waals surface area contributed by atoms with Crippen molar-refractivity contribution in [2.75, 3.05) is 25.5 Å². The van der Waals surface area contributed by atoms with Gasteiger partial charge in [0.1, 0.15) is 11.9 Å². The number of alkyl halides is 6. The Morgan fingerprint density at radius 3 is 2.39 bits per heavy atom. The number of rotatable bonds is 6. The molecule has 4 heterocycles. The summed E-state index contributed by atoms with van der Waals surface area (Å²) in [5, 5.41) is 2.75. The van der Waals surface area contributed by atoms with Gasteiger partial charge in [-0.25, -0.2) is 4.79 Å². The first kappa shape index (κ1) is 28.7. The number of halogens is 6. The zero-order valence-corrected chi connectivity index (χ0v) is 21.9. The van der Waals surface area contributed by atoms with Gasteiger partial charge in [0.2, 0.25) is 0 Å². The van der Waals surface area contributed by atoms with Crippen molar-refractivity contribution in [1.82, 2.24) is 9.88 Å². The highest BCUT2D eigenvalue weighted by Crippen LogP contribution is 2.44. The average Bonchev–Trinajstić information content (AvgIpc) is 2.94. The second-order valence-corrected chi connectivity index (χ2v) is 10.3. The number of ether oxygens (including phenoxy) is 2. The van der Waals surface area contributed by atoms with E-state index in [0.717, 1.165) is 13.0 Å². The maximum atomic E-state index is 13.4. The third kappa shape index (κ3) is 5.97. The fourth-order valence-corrected chi connectivity index (χ4v) is 5.85. The summed E-state index contributed by atoms with van der Waals surface area (Å²) in [7, 11) is 1.50. The predicted octanol–water partition coefficient (Wildman–Crippen LogP) is 7.47. The monoisotopic (exact) mass is 579 g/mol. The Morgan fingerprint density at radius 1 is 1.10 bits per heavy atom. The summed E-state index contributed by atoms with van der Waals surface area (Å²) in [6.07, 6.45) is -7.15. The molecule has 3 aliphatic rings. The van der Waals surface area contributed by atoms with Crippen molar-refractivity contribution in [3.8, 4) is 5.75 Å². The average molecular weight is 580 g/mol. The fourth-order valence-electron chi connectivity index (χ4n) is 5.85. The molecule has 5 atom stereocenters. The van der Waals surface area contributed by atoms with Gasteiger partial charge in [-0.1, -0.05) is 6.08 Å². The zero-order chi connectivity index (χ0) is 29.5. The van der Waals surface area contributed by atoms with Gasteiger partial charge in [-0.05, 0) is 73.7 Å². The highest BCUT2D eigenvalue weighted by atomic mass is 19.4. The SMILES string of the molecule is C=CC1CN2CCC1CC2[C@@H](OC(=O)Nc1cc(C(F)(F)F)cc(C(F)(F)F)c1)c1ccnc2ccc(OC)cc12. The van der Waals surface area contributed by atoms with Crippen LogP contribution in [0, 0.1) is 11.8 Å². The van der Waals surface area contributed by atoms with Gasteiger partial charge < -0.3 is 9.47 Å². The highest BCUT2D eigenvalue weighted by Gasteiger charge is 2.44. The van der Waals surface area contributed by atoms with Crippen LogP contribution in [0.3, 0.4) is 0 Å². The first-order valence-corrected chi connectivity index (χ1v) is 12.9. The largest absolute Gasteiger partial charge is 0.497 e. The molecule has 1 aromatic heterocycles. The van der Waals surface area contributed by atoms with Crippen molar-refractivity contribution in [3.05, 3.63) is 78.0 Å². The lowest BCUT2D eigenvalue weighted by atomic mass is 9.73. The zero-order valence-electron chi connectivity index (χ0n) is 21.9. The van der Waals surface area contributed by atoms with Crippen molar-refractivity contribution in [2.24, 2.45) is 11.8 Å². The van der Waals surface area contributed by atoms with Crippen LogP contribution in [0.2, 0.25) is 0 Å². The number of amides is 1. The first-order valence-electron chi connectivity index (χ1n) is 12.9. The Morgan fingerprint density at radius 2 is 1.80 bits per heavy atom. The van der Waals surface area contributed by atoms with E-state index in [-0.39, 0.29) is 23.9 Å². The normalized spacial score (nSPS) is 23.2. The molecule has 0 aliphatic carbocycles. The molecule has 6 nitrogen and oxygen atoms in total. The van der Waals surface area contributed by atoms with Gasteiger partial charge in [0, 0.05) is 29.4 Å². The Labute approximate surface area is 231 Å². The molecule has 12 heteroatoms. The second-order valence-electron chi connectivity index (χ2n) is 10.3. The molecule has 4 unspecified atom stereocenters. The van der Waals surface area contributed by atoms with Crippen LogP contribution in [0.4, 0.5) is 36.8 Å². The standard InChI is InChI=1S/C29H27F6N3O3/c1-3-16-15-38-9-7-17(16)10-25(38)26(22-6-8-36-24-5-4-21(40-2)14-23(22)24)41-27(39)37-20-12-18(28(30,31)32)11-19(13-20)29(33,34)35/h3-6,8,11-14,16-17,25-26H,1,7,9-10,15H2,2H3,(H,37,39)/t16?,17?,25?,26-/m0/s1. The molecule has 218 valence electrons. The van der Waals surface area contributed by atoms with E-state index in [0.29, 0.717) is 47.3 Å². The summed E-state index contributed by atoms with van der Waals surface area (Å²) in [4.78, 5) is 19.7. The van der Waals surface area contributed by atoms with Crippen LogP contribution in [-0.4, -0.2) is 42.2 Å². The number of hydrogen-bond acceptors (Lipinski definition) is 5. The summed E-state index contributed by atoms with van der Waals surface area (Å²) in [6, 6.07) is 7.51. The number of methoxy groups -OCH3 is 1. The minimum absolute atomic E-state index is 0.00211. The summed E-state index contributed by atoms with van der Waals surface area (Å²) >= 11 is 0. The van der Waals surface area contributed by atoms with Gasteiger partial charge in [-0.15, -0.1) is 6.58 Å². The Balaban J connectivity index is 1.51. The van der Waals surface area contributed by atoms with Gasteiger partial charge in [0.15, 0.2) is 0 Å². The molecular formula is C29H27F6N3O3. The summed E-state index contributed by atoms with van der Waals surface area (Å²) in [5.41, 5.74) is -2.58. The number of fused-ring (bicyclic) bond motifs is 4. The maximum Gasteiger partial charge on any atom is 0.416 e. The smallest absolute Gasteiger partial charge is 0.416 e. The minimum atomic E-state index is -5.06. The number of piperidine rings is 3. The van der Waals surface area contributed by atoms with Gasteiger partial charge in [-0.3, -0.25) is 15.2 Å². The first-order chi connectivity index (χ1) is 19.4. The number of hydrogen-bond donors (Lipinski definition) is 1. The van der Waals surface area contributed by atoms with Gasteiger partial charge in [0.25, 0.3) is 0 Å². The van der Waals surface area contributed by atoms with Crippen molar-refractivity contribution >= 4 is 22.7 Å². The molecule has 3 saturated heterocycles. The van der Waals surface area contributed by atoms with E-state index in [1.807, 2.05) is 6.08 Å². The molecule has 2 bridgehead atoms. The summed E-state index contributed by atoms with van der Waals surface area (Å²) in [6.45, 7) is 5.37. The van der Waals surface area contributed by atoms with Gasteiger partial charge in [0.05, 0.1) is 29.8 Å². The molecule has 3 aromatic rings. The minimum Gasteiger partial charge on any atom is -0.497 e. The molecule has 2 aromatic carbocycles. The number of carbonyl (C=O) groups is 1. The van der Waals surface area contributed by atoms with Gasteiger partial charge >= 0.3 is 18.4 Å². The van der Waals surface area contributed by atoms with E-state index < -0.39 is 41.4 Å². The van der Waals surface area contributed by atoms with Gasteiger partial charge in [-0.2, -0.15) is 26.3 Å². The van der Waals surface area contributed by atoms with Crippen LogP contribution in [0.25, 0.3) is 10.9 Å². The molecule has 0 radical (unpaired) electrons. The van der Waals surface area contributed by atoms with Crippen LogP contribution in [0.1, 0.15) is 35.6 Å². The van der Waals surface area contributed by atoms with Crippen LogP contribution in [0.5, 0.6) is 5.75 Å². The highest BCUT2D eigenvalue weighted by molar-refractivity contribution is 5.87. The quantitative estimate of drug-likeness (QED) is 0.243. The number of benzene rings is 2. The molecule has 0 spiro atoms. The van der Waals surface area contributed by atoms with Crippen LogP contribution >= 0.6 is 0 Å². The number of carbonyl (C=O) groups excluding carboxylic acids is 1. The number of nitrogens with zero attached hydrogens (tertiary/aromatic N) is 2. The van der Waals surface area contributed by atoms with Crippen molar-refractivity contribution in [1.29, 1.82) is 0 Å². The van der Waals surface area contributed by atoms with Crippen molar-refractivity contribution in [2.45, 2.75) is 37.3 Å². The summed E-state index contributed by atoms with van der Waals surface area (Å²) in [5.74, 6) is 1.09. The van der Waals surface area contributed by atoms with E-state index >= 15 is 0 Å². The Bertz CT molecular complexity index is 1430. The molecule has 0 saturated carbocycles. The predicted molar refractivity (Wildman–Crippen MR) is 139 cm³/mol. The molecule has 1 N–H and O–H groups in total. The number of anilines is 1. The summed E-state index contributed by atoms with van der Waals surface area (Å²) < 4.78 is 91.4. The second kappa shape index (κ2) is 10.9. The van der Waals surface area contributed by atoms with Crippen molar-refractivity contribution < 1.29 is 40.6 Å². The van der Waals surface area contributed by atoms with Crippen molar-refractivity contribution in [3.63, 3.8) is 0 Å². The molecule has 41 heavy (non-hydrogen) atoms. The molecule has 3 fully saturated rings. The van der Waals surface area contributed by atoms with E-state index in [9.17, 15) is 31.1 Å². The Hall–Kier alpha value is -3.80. The fraction of sp³-hybridized carbons (Fsp3) is 0.379. The van der Waals surface area contributed by atoms with Crippen LogP contribution < -0.4 is 10.1 Å². The lowest BCUT2D eigenvalue weighted by Crippen LogP contribution is -2.55. The van der Waals surface area contributed by atoms with E-state index in [2.05, 4.69) is 21.8 Å².